The summed E-state index contributed by atoms with van der Waals surface area (Å²) in [5, 5.41) is 0.416. The largest absolute Gasteiger partial charge is 0.419 e. The summed E-state index contributed by atoms with van der Waals surface area (Å²) in [6.07, 6.45) is 9.94. The number of hydrogen-bond donors (Lipinski definition) is 1. The highest BCUT2D eigenvalue weighted by molar-refractivity contribution is 7.94. The van der Waals surface area contributed by atoms with Gasteiger partial charge in [0.25, 0.3) is 0 Å². The SMILES string of the molecule is CCCCCCCOP(=O)(NS(=O)(=O)c1ccc(Cl)cc1)OCCCCCCC. The number of halogens is 1. The van der Waals surface area contributed by atoms with Gasteiger partial charge in [-0.05, 0) is 37.1 Å². The Bertz CT molecular complexity index is 692. The first-order valence-electron chi connectivity index (χ1n) is 10.5. The smallest absolute Gasteiger partial charge is 0.296 e. The first-order valence-corrected chi connectivity index (χ1v) is 13.9. The molecule has 29 heavy (non-hydrogen) atoms. The Balaban J connectivity index is 2.69. The lowest BCUT2D eigenvalue weighted by atomic mass is 10.2. The number of hydrogen-bond acceptors (Lipinski definition) is 5. The van der Waals surface area contributed by atoms with Crippen LogP contribution >= 0.6 is 19.3 Å². The molecule has 0 bridgehead atoms. The van der Waals surface area contributed by atoms with E-state index in [-0.39, 0.29) is 18.1 Å². The number of rotatable bonds is 17. The summed E-state index contributed by atoms with van der Waals surface area (Å²) in [5.74, 6) is 0. The summed E-state index contributed by atoms with van der Waals surface area (Å²) in [6.45, 7) is 4.62. The van der Waals surface area contributed by atoms with Gasteiger partial charge in [0.2, 0.25) is 10.0 Å². The van der Waals surface area contributed by atoms with E-state index in [1.807, 2.05) is 0 Å². The molecule has 0 saturated heterocycles. The van der Waals surface area contributed by atoms with Crippen molar-refractivity contribution in [1.29, 1.82) is 0 Å². The molecule has 9 heteroatoms. The van der Waals surface area contributed by atoms with Crippen LogP contribution in [0.2, 0.25) is 5.02 Å². The fourth-order valence-electron chi connectivity index (χ4n) is 2.68. The van der Waals surface area contributed by atoms with Crippen LogP contribution in [0.25, 0.3) is 0 Å². The van der Waals surface area contributed by atoms with Gasteiger partial charge in [-0.25, -0.2) is 13.0 Å². The minimum absolute atomic E-state index is 0.0415. The van der Waals surface area contributed by atoms with Crippen LogP contribution in [0.3, 0.4) is 0 Å². The maximum Gasteiger partial charge on any atom is 0.419 e. The highest BCUT2D eigenvalue weighted by atomic mass is 35.5. The molecule has 0 aliphatic heterocycles. The van der Waals surface area contributed by atoms with Crippen molar-refractivity contribution >= 4 is 29.4 Å². The third kappa shape index (κ3) is 11.5. The van der Waals surface area contributed by atoms with Crippen LogP contribution in [0, 0.1) is 0 Å². The Morgan fingerprint density at radius 3 is 1.72 bits per heavy atom. The van der Waals surface area contributed by atoms with Crippen molar-refractivity contribution in [2.45, 2.75) is 83.0 Å². The molecule has 0 aliphatic rings. The molecule has 6 nitrogen and oxygen atoms in total. The summed E-state index contributed by atoms with van der Waals surface area (Å²) in [5.41, 5.74) is 0. The average Bonchev–Trinajstić information content (AvgIpc) is 2.67. The summed E-state index contributed by atoms with van der Waals surface area (Å²) < 4.78 is 51.3. The molecule has 0 fully saturated rings. The van der Waals surface area contributed by atoms with Gasteiger partial charge in [0.1, 0.15) is 0 Å². The monoisotopic (exact) mass is 467 g/mol. The second-order valence-corrected chi connectivity index (χ2v) is 11.2. The first-order chi connectivity index (χ1) is 13.8. The highest BCUT2D eigenvalue weighted by Gasteiger charge is 2.32. The van der Waals surface area contributed by atoms with Crippen LogP contribution in [-0.2, 0) is 23.6 Å². The number of unbranched alkanes of at least 4 members (excludes halogenated alkanes) is 8. The maximum absolute atomic E-state index is 13.1. The molecule has 0 atom stereocenters. The van der Waals surface area contributed by atoms with E-state index < -0.39 is 17.8 Å². The molecule has 1 rings (SSSR count). The topological polar surface area (TPSA) is 81.7 Å². The standard InChI is InChI=1S/C20H35ClNO5PS/c1-3-5-7-9-11-17-26-28(23,27-18-12-10-8-6-4-2)22-29(24,25)20-15-13-19(21)14-16-20/h13-16H,3-12,17-18H2,1-2H3,(H,22,23). The lowest BCUT2D eigenvalue weighted by Gasteiger charge is -2.19. The van der Waals surface area contributed by atoms with Gasteiger partial charge in [-0.1, -0.05) is 76.8 Å². The maximum atomic E-state index is 13.1. The Labute approximate surface area is 181 Å². The van der Waals surface area contributed by atoms with Crippen LogP contribution in [0.15, 0.2) is 29.2 Å². The minimum Gasteiger partial charge on any atom is -0.296 e. The quantitative estimate of drug-likeness (QED) is 0.203. The van der Waals surface area contributed by atoms with Crippen molar-refractivity contribution in [3.63, 3.8) is 0 Å². The summed E-state index contributed by atoms with van der Waals surface area (Å²) in [7, 11) is -8.06. The molecule has 0 saturated carbocycles. The first kappa shape index (κ1) is 26.6. The van der Waals surface area contributed by atoms with E-state index >= 15 is 0 Å². The third-order valence-electron chi connectivity index (χ3n) is 4.37. The van der Waals surface area contributed by atoms with Crippen molar-refractivity contribution in [2.24, 2.45) is 0 Å². The molecule has 1 aromatic rings. The van der Waals surface area contributed by atoms with Crippen molar-refractivity contribution in [2.75, 3.05) is 13.2 Å². The van der Waals surface area contributed by atoms with E-state index in [4.69, 9.17) is 20.6 Å². The lowest BCUT2D eigenvalue weighted by molar-refractivity contribution is 0.194. The average molecular weight is 468 g/mol. The third-order valence-corrected chi connectivity index (χ3v) is 8.42. The second-order valence-electron chi connectivity index (χ2n) is 7.04. The fraction of sp³-hybridized carbons (Fsp3) is 0.700. The molecule has 1 aromatic carbocycles. The molecule has 1 N–H and O–H groups in total. The van der Waals surface area contributed by atoms with Crippen LogP contribution < -0.4 is 4.49 Å². The van der Waals surface area contributed by atoms with Gasteiger partial charge in [-0.2, -0.15) is 0 Å². The molecule has 0 aliphatic carbocycles. The molecule has 0 heterocycles. The predicted octanol–water partition coefficient (Wildman–Crippen LogP) is 6.70. The van der Waals surface area contributed by atoms with Crippen molar-refractivity contribution < 1.29 is 22.0 Å². The molecule has 0 amide bonds. The Hall–Kier alpha value is -0.430. The van der Waals surface area contributed by atoms with Crippen molar-refractivity contribution in [3.05, 3.63) is 29.3 Å². The normalized spacial score (nSPS) is 12.4. The van der Waals surface area contributed by atoms with Gasteiger partial charge in [0.15, 0.2) is 0 Å². The number of nitrogens with one attached hydrogen (secondary N) is 1. The minimum atomic E-state index is -4.06. The molecule has 0 spiro atoms. The molecule has 0 radical (unpaired) electrons. The fourth-order valence-corrected chi connectivity index (χ4v) is 6.14. The van der Waals surface area contributed by atoms with Gasteiger partial charge in [-0.15, -0.1) is 4.49 Å². The summed E-state index contributed by atoms with van der Waals surface area (Å²) >= 11 is 5.82. The zero-order valence-electron chi connectivity index (χ0n) is 17.6. The Kier molecular flexibility index (Phi) is 13.4. The van der Waals surface area contributed by atoms with Gasteiger partial charge >= 0.3 is 7.75 Å². The van der Waals surface area contributed by atoms with Crippen LogP contribution in [0.5, 0.6) is 0 Å². The molecule has 168 valence electrons. The van der Waals surface area contributed by atoms with Gasteiger partial charge < -0.3 is 0 Å². The lowest BCUT2D eigenvalue weighted by Crippen LogP contribution is -2.24. The summed E-state index contributed by atoms with van der Waals surface area (Å²) in [6, 6.07) is 5.63. The van der Waals surface area contributed by atoms with Crippen molar-refractivity contribution in [3.8, 4) is 0 Å². The zero-order valence-corrected chi connectivity index (χ0v) is 20.0. The Morgan fingerprint density at radius 1 is 0.828 bits per heavy atom. The van der Waals surface area contributed by atoms with Crippen LogP contribution in [-0.4, -0.2) is 21.6 Å². The van der Waals surface area contributed by atoms with Gasteiger partial charge in [-0.3, -0.25) is 9.05 Å². The van der Waals surface area contributed by atoms with Gasteiger partial charge in [0, 0.05) is 5.02 Å². The molecule has 0 aromatic heterocycles. The number of sulfonamides is 1. The van der Waals surface area contributed by atoms with E-state index in [1.165, 1.54) is 24.3 Å². The highest BCUT2D eigenvalue weighted by Crippen LogP contribution is 2.45. The van der Waals surface area contributed by atoms with E-state index in [0.717, 1.165) is 51.4 Å². The molecular weight excluding hydrogens is 433 g/mol. The number of benzene rings is 1. The second kappa shape index (κ2) is 14.6. The zero-order chi connectivity index (χ0) is 21.6. The van der Waals surface area contributed by atoms with Crippen LogP contribution in [0.4, 0.5) is 0 Å². The van der Waals surface area contributed by atoms with Crippen molar-refractivity contribution in [1.82, 2.24) is 4.49 Å². The predicted molar refractivity (Wildman–Crippen MR) is 119 cm³/mol. The van der Waals surface area contributed by atoms with Crippen LogP contribution in [0.1, 0.15) is 78.1 Å². The van der Waals surface area contributed by atoms with E-state index in [2.05, 4.69) is 18.3 Å². The Morgan fingerprint density at radius 2 is 1.28 bits per heavy atom. The summed E-state index contributed by atoms with van der Waals surface area (Å²) in [4.78, 5) is -0.0415. The van der Waals surface area contributed by atoms with Gasteiger partial charge in [0.05, 0.1) is 18.1 Å². The van der Waals surface area contributed by atoms with E-state index in [1.54, 1.807) is 0 Å². The van der Waals surface area contributed by atoms with E-state index in [9.17, 15) is 13.0 Å². The molecule has 0 unspecified atom stereocenters. The molecular formula is C20H35ClNO5PS. The van der Waals surface area contributed by atoms with E-state index in [0.29, 0.717) is 17.9 Å².